The van der Waals surface area contributed by atoms with E-state index in [2.05, 4.69) is 10.3 Å². The van der Waals surface area contributed by atoms with E-state index in [1.54, 1.807) is 48.5 Å². The average molecular weight is 293 g/mol. The summed E-state index contributed by atoms with van der Waals surface area (Å²) in [5, 5.41) is 8.47. The molecule has 0 saturated carbocycles. The monoisotopic (exact) mass is 293 g/mol. The summed E-state index contributed by atoms with van der Waals surface area (Å²) >= 11 is 0. The molecule has 1 aromatic heterocycles. The number of rotatable bonds is 4. The Hall–Kier alpha value is -2.82. The van der Waals surface area contributed by atoms with Gasteiger partial charge in [0.05, 0.1) is 5.39 Å². The number of carbonyl (C=O) groups excluding carboxylic acids is 1. The van der Waals surface area contributed by atoms with E-state index >= 15 is 0 Å². The fourth-order valence-corrected chi connectivity index (χ4v) is 2.47. The van der Waals surface area contributed by atoms with E-state index in [1.807, 2.05) is 13.0 Å². The lowest BCUT2D eigenvalue weighted by molar-refractivity contribution is 0.0909. The van der Waals surface area contributed by atoms with Crippen LogP contribution in [0.4, 0.5) is 0 Å². The van der Waals surface area contributed by atoms with Crippen molar-refractivity contribution < 1.29 is 4.79 Å². The molecular weight excluding hydrogens is 278 g/mol. The van der Waals surface area contributed by atoms with Crippen LogP contribution in [0.3, 0.4) is 0 Å². The highest BCUT2D eigenvalue weighted by atomic mass is 16.1. The molecule has 2 aromatic carbocycles. The average Bonchev–Trinajstić information content (AvgIpc) is 2.58. The van der Waals surface area contributed by atoms with Gasteiger partial charge in [-0.2, -0.15) is 4.68 Å². The lowest BCUT2D eigenvalue weighted by Crippen LogP contribution is -2.32. The smallest absolute Gasteiger partial charge is 0.278 e. The summed E-state index contributed by atoms with van der Waals surface area (Å²) in [6.45, 7) is 1.86. The van der Waals surface area contributed by atoms with Crippen molar-refractivity contribution in [2.75, 3.05) is 0 Å². The zero-order valence-electron chi connectivity index (χ0n) is 12.1. The predicted molar refractivity (Wildman–Crippen MR) is 83.9 cm³/mol. The Morgan fingerprint density at radius 1 is 1.09 bits per heavy atom. The molecule has 22 heavy (non-hydrogen) atoms. The van der Waals surface area contributed by atoms with Gasteiger partial charge < -0.3 is 0 Å². The van der Waals surface area contributed by atoms with E-state index < -0.39 is 6.04 Å². The number of benzene rings is 2. The Morgan fingerprint density at radius 3 is 2.50 bits per heavy atom. The van der Waals surface area contributed by atoms with Crippen LogP contribution in [0.25, 0.3) is 10.9 Å². The second kappa shape index (κ2) is 5.89. The van der Waals surface area contributed by atoms with Crippen molar-refractivity contribution in [3.05, 3.63) is 70.5 Å². The SMILES string of the molecule is CC[C@H](C(=O)c1ccccc1)n1nnc2ccccc2c1=O. The van der Waals surface area contributed by atoms with Gasteiger partial charge in [0.15, 0.2) is 5.78 Å². The van der Waals surface area contributed by atoms with E-state index in [4.69, 9.17) is 0 Å². The molecule has 0 amide bonds. The Balaban J connectivity index is 2.10. The Labute approximate surface area is 127 Å². The first-order valence-electron chi connectivity index (χ1n) is 7.16. The molecule has 1 heterocycles. The lowest BCUT2D eigenvalue weighted by Gasteiger charge is -2.15. The molecule has 0 aliphatic heterocycles. The van der Waals surface area contributed by atoms with Crippen LogP contribution in [0.15, 0.2) is 59.4 Å². The van der Waals surface area contributed by atoms with Crippen molar-refractivity contribution >= 4 is 16.7 Å². The summed E-state index contributed by atoms with van der Waals surface area (Å²) in [6, 6.07) is 15.3. The van der Waals surface area contributed by atoms with Crippen LogP contribution in [0, 0.1) is 0 Å². The van der Waals surface area contributed by atoms with Crippen LogP contribution >= 0.6 is 0 Å². The molecule has 5 heteroatoms. The maximum absolute atomic E-state index is 12.6. The van der Waals surface area contributed by atoms with Gasteiger partial charge in [-0.15, -0.1) is 5.10 Å². The highest BCUT2D eigenvalue weighted by Crippen LogP contribution is 2.16. The third-order valence-corrected chi connectivity index (χ3v) is 3.63. The van der Waals surface area contributed by atoms with Crippen LogP contribution in [0.1, 0.15) is 29.7 Å². The van der Waals surface area contributed by atoms with Crippen molar-refractivity contribution in [2.45, 2.75) is 19.4 Å². The molecule has 0 saturated heterocycles. The Morgan fingerprint density at radius 2 is 1.77 bits per heavy atom. The van der Waals surface area contributed by atoms with Crippen molar-refractivity contribution in [1.29, 1.82) is 0 Å². The van der Waals surface area contributed by atoms with Gasteiger partial charge in [-0.05, 0) is 18.6 Å². The zero-order valence-corrected chi connectivity index (χ0v) is 12.1. The summed E-state index contributed by atoms with van der Waals surface area (Å²) in [7, 11) is 0. The summed E-state index contributed by atoms with van der Waals surface area (Å²) < 4.78 is 1.19. The standard InChI is InChI=1S/C17H15N3O2/c1-2-15(16(21)12-8-4-3-5-9-12)20-17(22)13-10-6-7-11-14(13)18-19-20/h3-11,15H,2H2,1H3/t15-/m1/s1. The minimum atomic E-state index is -0.646. The fourth-order valence-electron chi connectivity index (χ4n) is 2.47. The van der Waals surface area contributed by atoms with Gasteiger partial charge in [-0.1, -0.05) is 54.6 Å². The van der Waals surface area contributed by atoms with Gasteiger partial charge in [0.1, 0.15) is 11.6 Å². The molecule has 0 radical (unpaired) electrons. The number of hydrogen-bond acceptors (Lipinski definition) is 4. The van der Waals surface area contributed by atoms with E-state index in [9.17, 15) is 9.59 Å². The molecular formula is C17H15N3O2. The first-order valence-corrected chi connectivity index (χ1v) is 7.16. The number of Topliss-reactive ketones (excluding diaryl/α,β-unsaturated/α-hetero) is 1. The number of nitrogens with zero attached hydrogens (tertiary/aromatic N) is 3. The highest BCUT2D eigenvalue weighted by Gasteiger charge is 2.23. The van der Waals surface area contributed by atoms with E-state index in [1.165, 1.54) is 4.68 Å². The molecule has 0 bridgehead atoms. The minimum Gasteiger partial charge on any atom is -0.292 e. The maximum Gasteiger partial charge on any atom is 0.278 e. The summed E-state index contributed by atoms with van der Waals surface area (Å²) in [5.74, 6) is -0.130. The molecule has 0 unspecified atom stereocenters. The number of hydrogen-bond donors (Lipinski definition) is 0. The first kappa shape index (κ1) is 14.1. The molecule has 110 valence electrons. The lowest BCUT2D eigenvalue weighted by atomic mass is 10.0. The van der Waals surface area contributed by atoms with Gasteiger partial charge in [-0.3, -0.25) is 9.59 Å². The molecule has 1 atom stereocenters. The highest BCUT2D eigenvalue weighted by molar-refractivity contribution is 5.99. The second-order valence-electron chi connectivity index (χ2n) is 5.01. The maximum atomic E-state index is 12.6. The molecule has 0 aliphatic carbocycles. The predicted octanol–water partition coefficient (Wildman–Crippen LogP) is 2.63. The van der Waals surface area contributed by atoms with Crippen molar-refractivity contribution in [3.63, 3.8) is 0 Å². The van der Waals surface area contributed by atoms with Crippen molar-refractivity contribution in [2.24, 2.45) is 0 Å². The second-order valence-corrected chi connectivity index (χ2v) is 5.01. The number of fused-ring (bicyclic) bond motifs is 1. The quantitative estimate of drug-likeness (QED) is 0.694. The van der Waals surface area contributed by atoms with Gasteiger partial charge >= 0.3 is 0 Å². The Bertz CT molecular complexity index is 872. The molecule has 3 rings (SSSR count). The molecule has 0 spiro atoms. The van der Waals surface area contributed by atoms with Crippen LogP contribution in [0.2, 0.25) is 0 Å². The van der Waals surface area contributed by atoms with Crippen LogP contribution in [-0.2, 0) is 0 Å². The van der Waals surface area contributed by atoms with Gasteiger partial charge in [0, 0.05) is 5.56 Å². The minimum absolute atomic E-state index is 0.130. The van der Waals surface area contributed by atoms with Gasteiger partial charge in [-0.25, -0.2) is 0 Å². The summed E-state index contributed by atoms with van der Waals surface area (Å²) in [6.07, 6.45) is 0.473. The fraction of sp³-hybridized carbons (Fsp3) is 0.176. The Kier molecular flexibility index (Phi) is 3.78. The van der Waals surface area contributed by atoms with Crippen molar-refractivity contribution in [3.8, 4) is 0 Å². The van der Waals surface area contributed by atoms with E-state index in [0.717, 1.165) is 0 Å². The zero-order chi connectivity index (χ0) is 15.5. The molecule has 3 aromatic rings. The van der Waals surface area contributed by atoms with Crippen LogP contribution in [-0.4, -0.2) is 20.8 Å². The van der Waals surface area contributed by atoms with Gasteiger partial charge in [0.25, 0.3) is 5.56 Å². The third kappa shape index (κ3) is 2.41. The number of ketones is 1. The molecule has 5 nitrogen and oxygen atoms in total. The third-order valence-electron chi connectivity index (χ3n) is 3.63. The first-order chi connectivity index (χ1) is 10.7. The molecule has 0 fully saturated rings. The van der Waals surface area contributed by atoms with Crippen LogP contribution < -0.4 is 5.56 Å². The normalized spacial score (nSPS) is 12.2. The van der Waals surface area contributed by atoms with E-state index in [0.29, 0.717) is 22.9 Å². The topological polar surface area (TPSA) is 64.8 Å². The largest absolute Gasteiger partial charge is 0.292 e. The van der Waals surface area contributed by atoms with Crippen LogP contribution in [0.5, 0.6) is 0 Å². The van der Waals surface area contributed by atoms with Gasteiger partial charge in [0.2, 0.25) is 0 Å². The number of aromatic nitrogens is 3. The van der Waals surface area contributed by atoms with Crippen molar-refractivity contribution in [1.82, 2.24) is 15.0 Å². The summed E-state index contributed by atoms with van der Waals surface area (Å²) in [5.41, 5.74) is 0.809. The summed E-state index contributed by atoms with van der Waals surface area (Å²) in [4.78, 5) is 25.2. The molecule has 0 N–H and O–H groups in total. The van der Waals surface area contributed by atoms with E-state index in [-0.39, 0.29) is 11.3 Å². The number of carbonyl (C=O) groups is 1. The molecule has 0 aliphatic rings.